The minimum atomic E-state index is -0.838. The van der Waals surface area contributed by atoms with Crippen molar-refractivity contribution in [2.24, 2.45) is 0 Å². The van der Waals surface area contributed by atoms with E-state index in [0.717, 1.165) is 44.1 Å². The van der Waals surface area contributed by atoms with Gasteiger partial charge < -0.3 is 19.4 Å². The summed E-state index contributed by atoms with van der Waals surface area (Å²) in [7, 11) is 0. The first-order valence-corrected chi connectivity index (χ1v) is 10.6. The zero-order chi connectivity index (χ0) is 22.9. The lowest BCUT2D eigenvalue weighted by Gasteiger charge is -2.19. The Morgan fingerprint density at radius 3 is 2.67 bits per heavy atom. The predicted octanol–water partition coefficient (Wildman–Crippen LogP) is 3.74. The number of ether oxygens (including phenoxy) is 2. The van der Waals surface area contributed by atoms with Crippen molar-refractivity contribution in [3.05, 3.63) is 57.7 Å². The molecule has 2 aliphatic rings. The normalized spacial score (nSPS) is 14.8. The molecule has 5 rings (SSSR count). The molecule has 1 amide bonds. The number of hydrogen-bond acceptors (Lipinski definition) is 7. The largest absolute Gasteiger partial charge is 0.486 e. The highest BCUT2D eigenvalue weighted by atomic mass is 19.1. The number of anilines is 1. The van der Waals surface area contributed by atoms with Gasteiger partial charge in [0.1, 0.15) is 30.4 Å². The van der Waals surface area contributed by atoms with Crippen molar-refractivity contribution in [3.63, 3.8) is 0 Å². The summed E-state index contributed by atoms with van der Waals surface area (Å²) in [5.41, 5.74) is -0.252. The lowest BCUT2D eigenvalue weighted by Crippen LogP contribution is -2.19. The second kappa shape index (κ2) is 8.49. The van der Waals surface area contributed by atoms with E-state index in [1.165, 1.54) is 18.2 Å². The molecule has 0 fully saturated rings. The average molecular weight is 453 g/mol. The van der Waals surface area contributed by atoms with E-state index in [0.29, 0.717) is 11.4 Å². The zero-order valence-electron chi connectivity index (χ0n) is 17.5. The fraction of sp³-hybridized carbons (Fsp3) is 0.318. The number of carbonyl (C=O) groups is 1. The molecule has 10 nitrogen and oxygen atoms in total. The first-order chi connectivity index (χ1) is 16.0. The standard InChI is InChI=1S/C22H20FN5O5/c23-15-6-5-13(21-26-25-20-4-2-1-3-7-27(20)21)10-16(15)24-22(29)14-11-18-19(33-9-8-32-18)12-17(14)28(30)31/h5-6,10-12H,1-4,7-9H2,(H,24,29). The smallest absolute Gasteiger partial charge is 0.286 e. The number of carbonyl (C=O) groups excluding carboxylic acids is 1. The molecular formula is C22H20FN5O5. The Kier molecular flexibility index (Phi) is 5.37. The Labute approximate surface area is 187 Å². The maximum atomic E-state index is 14.6. The van der Waals surface area contributed by atoms with Gasteiger partial charge in [-0.15, -0.1) is 10.2 Å². The van der Waals surface area contributed by atoms with Crippen LogP contribution in [0.5, 0.6) is 11.5 Å². The van der Waals surface area contributed by atoms with Gasteiger partial charge in [-0.2, -0.15) is 0 Å². The van der Waals surface area contributed by atoms with E-state index in [2.05, 4.69) is 15.5 Å². The molecule has 1 N–H and O–H groups in total. The third kappa shape index (κ3) is 3.97. The molecule has 33 heavy (non-hydrogen) atoms. The van der Waals surface area contributed by atoms with Gasteiger partial charge in [-0.3, -0.25) is 14.9 Å². The van der Waals surface area contributed by atoms with Crippen molar-refractivity contribution in [1.29, 1.82) is 0 Å². The van der Waals surface area contributed by atoms with Gasteiger partial charge in [0.15, 0.2) is 17.3 Å². The van der Waals surface area contributed by atoms with Crippen LogP contribution >= 0.6 is 0 Å². The summed E-state index contributed by atoms with van der Waals surface area (Å²) < 4.78 is 27.4. The van der Waals surface area contributed by atoms with Crippen molar-refractivity contribution in [3.8, 4) is 22.9 Å². The summed E-state index contributed by atoms with van der Waals surface area (Å²) in [4.78, 5) is 23.8. The summed E-state index contributed by atoms with van der Waals surface area (Å²) in [6, 6.07) is 6.63. The van der Waals surface area contributed by atoms with E-state index in [4.69, 9.17) is 9.47 Å². The second-order valence-corrected chi connectivity index (χ2v) is 7.82. The summed E-state index contributed by atoms with van der Waals surface area (Å²) in [5.74, 6) is 0.359. The number of nitro groups is 1. The number of halogens is 1. The van der Waals surface area contributed by atoms with Gasteiger partial charge in [0.05, 0.1) is 16.7 Å². The van der Waals surface area contributed by atoms with Gasteiger partial charge >= 0.3 is 0 Å². The molecule has 11 heteroatoms. The predicted molar refractivity (Wildman–Crippen MR) is 115 cm³/mol. The third-order valence-electron chi connectivity index (χ3n) is 5.68. The number of fused-ring (bicyclic) bond motifs is 2. The number of nitrogens with zero attached hydrogens (tertiary/aromatic N) is 4. The summed E-state index contributed by atoms with van der Waals surface area (Å²) in [5, 5.41) is 22.5. The zero-order valence-corrected chi connectivity index (χ0v) is 17.5. The maximum absolute atomic E-state index is 14.6. The van der Waals surface area contributed by atoms with Gasteiger partial charge in [-0.1, -0.05) is 6.42 Å². The van der Waals surface area contributed by atoms with Crippen LogP contribution in [0.25, 0.3) is 11.4 Å². The van der Waals surface area contributed by atoms with Crippen LogP contribution in [0.4, 0.5) is 15.8 Å². The summed E-state index contributed by atoms with van der Waals surface area (Å²) in [6.07, 6.45) is 3.96. The molecule has 0 atom stereocenters. The molecule has 0 bridgehead atoms. The number of amides is 1. The molecule has 0 spiro atoms. The monoisotopic (exact) mass is 453 g/mol. The molecule has 0 saturated carbocycles. The van der Waals surface area contributed by atoms with Gasteiger partial charge in [0.2, 0.25) is 0 Å². The van der Waals surface area contributed by atoms with E-state index in [-0.39, 0.29) is 36.0 Å². The van der Waals surface area contributed by atoms with Crippen molar-refractivity contribution in [2.75, 3.05) is 18.5 Å². The van der Waals surface area contributed by atoms with Crippen LogP contribution < -0.4 is 14.8 Å². The Hall–Kier alpha value is -4.02. The highest BCUT2D eigenvalue weighted by Gasteiger charge is 2.27. The van der Waals surface area contributed by atoms with Gasteiger partial charge in [0.25, 0.3) is 11.6 Å². The Morgan fingerprint density at radius 2 is 1.88 bits per heavy atom. The highest BCUT2D eigenvalue weighted by molar-refractivity contribution is 6.07. The van der Waals surface area contributed by atoms with Crippen LogP contribution in [0, 0.1) is 15.9 Å². The fourth-order valence-electron chi connectivity index (χ4n) is 4.06. The minimum Gasteiger partial charge on any atom is -0.486 e. The van der Waals surface area contributed by atoms with E-state index in [1.54, 1.807) is 6.07 Å². The number of benzene rings is 2. The summed E-state index contributed by atoms with van der Waals surface area (Å²) >= 11 is 0. The molecule has 3 aromatic rings. The number of nitro benzene ring substituents is 1. The Bertz CT molecular complexity index is 1260. The minimum absolute atomic E-state index is 0.118. The summed E-state index contributed by atoms with van der Waals surface area (Å²) in [6.45, 7) is 1.27. The lowest BCUT2D eigenvalue weighted by molar-refractivity contribution is -0.385. The van der Waals surface area contributed by atoms with Crippen LogP contribution in [0.1, 0.15) is 35.4 Å². The molecule has 0 unspecified atom stereocenters. The van der Waals surface area contributed by atoms with Gasteiger partial charge in [-0.25, -0.2) is 4.39 Å². The number of rotatable bonds is 4. The number of aryl methyl sites for hydroxylation is 1. The quantitative estimate of drug-likeness (QED) is 0.472. The fourth-order valence-corrected chi connectivity index (χ4v) is 4.06. The highest BCUT2D eigenvalue weighted by Crippen LogP contribution is 2.37. The molecule has 3 heterocycles. The molecule has 2 aromatic carbocycles. The first-order valence-electron chi connectivity index (χ1n) is 10.6. The van der Waals surface area contributed by atoms with Crippen LogP contribution in [0.3, 0.4) is 0 Å². The molecule has 0 radical (unpaired) electrons. The van der Waals surface area contributed by atoms with E-state index in [9.17, 15) is 19.3 Å². The Balaban J connectivity index is 1.48. The van der Waals surface area contributed by atoms with Gasteiger partial charge in [-0.05, 0) is 31.0 Å². The molecule has 2 aliphatic heterocycles. The molecule has 170 valence electrons. The second-order valence-electron chi connectivity index (χ2n) is 7.82. The SMILES string of the molecule is O=C(Nc1cc(-c2nnc3n2CCCCC3)ccc1F)c1cc2c(cc1[N+](=O)[O-])OCCO2. The van der Waals surface area contributed by atoms with Crippen molar-refractivity contribution >= 4 is 17.3 Å². The lowest BCUT2D eigenvalue weighted by atomic mass is 10.1. The van der Waals surface area contributed by atoms with Crippen molar-refractivity contribution in [1.82, 2.24) is 14.8 Å². The van der Waals surface area contributed by atoms with E-state index >= 15 is 0 Å². The van der Waals surface area contributed by atoms with Crippen molar-refractivity contribution < 1.29 is 23.6 Å². The van der Waals surface area contributed by atoms with Crippen LogP contribution in [-0.4, -0.2) is 38.8 Å². The molecule has 0 saturated heterocycles. The van der Waals surface area contributed by atoms with Crippen LogP contribution in [0.15, 0.2) is 30.3 Å². The van der Waals surface area contributed by atoms with Crippen LogP contribution in [-0.2, 0) is 13.0 Å². The Morgan fingerprint density at radius 1 is 1.09 bits per heavy atom. The number of nitrogens with one attached hydrogen (secondary N) is 1. The molecule has 1 aromatic heterocycles. The topological polar surface area (TPSA) is 121 Å². The number of hydrogen-bond donors (Lipinski definition) is 1. The van der Waals surface area contributed by atoms with Gasteiger partial charge in [0, 0.05) is 24.6 Å². The van der Waals surface area contributed by atoms with Crippen LogP contribution in [0.2, 0.25) is 0 Å². The van der Waals surface area contributed by atoms with E-state index < -0.39 is 22.3 Å². The maximum Gasteiger partial charge on any atom is 0.286 e. The molecular weight excluding hydrogens is 433 g/mol. The van der Waals surface area contributed by atoms with Crippen molar-refractivity contribution in [2.45, 2.75) is 32.2 Å². The molecule has 0 aliphatic carbocycles. The van der Waals surface area contributed by atoms with E-state index in [1.807, 2.05) is 4.57 Å². The third-order valence-corrected chi connectivity index (χ3v) is 5.68. The average Bonchev–Trinajstić information content (AvgIpc) is 3.07. The number of aromatic nitrogens is 3. The first kappa shape index (κ1) is 20.9.